The van der Waals surface area contributed by atoms with Gasteiger partial charge in [0.15, 0.2) is 0 Å². The number of carbonyl (C=O) groups excluding carboxylic acids is 1. The molecule has 0 aliphatic heterocycles. The van der Waals surface area contributed by atoms with Gasteiger partial charge in [-0.05, 0) is 117 Å². The smallest absolute Gasteiger partial charge is 0.138 e. The van der Waals surface area contributed by atoms with Gasteiger partial charge >= 0.3 is 0 Å². The van der Waals surface area contributed by atoms with Crippen molar-refractivity contribution in [1.29, 1.82) is 0 Å². The zero-order valence-electron chi connectivity index (χ0n) is 21.8. The second-order valence-electron chi connectivity index (χ2n) is 14.4. The summed E-state index contributed by atoms with van der Waals surface area (Å²) in [7, 11) is 0. The van der Waals surface area contributed by atoms with Crippen molar-refractivity contribution >= 4 is 5.78 Å². The molecule has 0 saturated heterocycles. The fourth-order valence-electron chi connectivity index (χ4n) is 11.4. The normalized spacial score (nSPS) is 53.3. The van der Waals surface area contributed by atoms with Gasteiger partial charge in [-0.25, -0.2) is 0 Å². The average Bonchev–Trinajstić information content (AvgIpc) is 3.03. The molecule has 5 saturated carbocycles. The Labute approximate surface area is 192 Å². The van der Waals surface area contributed by atoms with E-state index in [1.807, 2.05) is 5.57 Å². The molecule has 0 radical (unpaired) electrons. The molecule has 0 heterocycles. The highest BCUT2D eigenvalue weighted by Gasteiger charge is 2.70. The van der Waals surface area contributed by atoms with E-state index in [0.29, 0.717) is 33.4 Å². The quantitative estimate of drug-likeness (QED) is 0.357. The number of Topliss-reactive ketones (excluding diaryl/α,β-unsaturated/α-hetero) is 1. The minimum atomic E-state index is -0.125. The number of carbonyl (C=O) groups is 1. The molecule has 0 amide bonds. The lowest BCUT2D eigenvalue weighted by molar-refractivity contribution is -0.235. The van der Waals surface area contributed by atoms with Gasteiger partial charge < -0.3 is 0 Å². The summed E-state index contributed by atoms with van der Waals surface area (Å²) in [5, 5.41) is 0. The van der Waals surface area contributed by atoms with E-state index in [1.54, 1.807) is 5.57 Å². The van der Waals surface area contributed by atoms with Crippen LogP contribution in [0.2, 0.25) is 0 Å². The molecule has 5 aliphatic carbocycles. The van der Waals surface area contributed by atoms with Crippen LogP contribution in [0.15, 0.2) is 11.1 Å². The molecular weight excluding hydrogens is 376 g/mol. The third-order valence-electron chi connectivity index (χ3n) is 13.2. The lowest BCUT2D eigenvalue weighted by Gasteiger charge is -2.72. The van der Waals surface area contributed by atoms with Crippen molar-refractivity contribution in [1.82, 2.24) is 0 Å². The summed E-state index contributed by atoms with van der Waals surface area (Å²) in [6, 6.07) is 0. The number of ketones is 1. The maximum atomic E-state index is 12.9. The third kappa shape index (κ3) is 2.53. The number of hydrogen-bond donors (Lipinski definition) is 0. The maximum absolute atomic E-state index is 12.9. The van der Waals surface area contributed by atoms with Gasteiger partial charge in [-0.15, -0.1) is 0 Å². The van der Waals surface area contributed by atoms with Gasteiger partial charge in [0.1, 0.15) is 5.78 Å². The van der Waals surface area contributed by atoms with Gasteiger partial charge in [-0.3, -0.25) is 4.79 Å². The Balaban J connectivity index is 1.55. The molecule has 5 rings (SSSR count). The van der Waals surface area contributed by atoms with Gasteiger partial charge in [-0.2, -0.15) is 0 Å². The van der Waals surface area contributed by atoms with Crippen LogP contribution in [-0.4, -0.2) is 5.78 Å². The lowest BCUT2D eigenvalue weighted by atomic mass is 9.32. The van der Waals surface area contributed by atoms with Crippen molar-refractivity contribution in [2.75, 3.05) is 0 Å². The van der Waals surface area contributed by atoms with Gasteiger partial charge in [0.2, 0.25) is 0 Å². The molecule has 0 aromatic heterocycles. The van der Waals surface area contributed by atoms with Crippen LogP contribution in [0, 0.1) is 50.7 Å². The van der Waals surface area contributed by atoms with Gasteiger partial charge in [-0.1, -0.05) is 52.7 Å². The van der Waals surface area contributed by atoms with Crippen LogP contribution in [0.5, 0.6) is 0 Å². The molecule has 1 heteroatoms. The Bertz CT molecular complexity index is 829. The Kier molecular flexibility index (Phi) is 4.66. The van der Waals surface area contributed by atoms with Crippen LogP contribution >= 0.6 is 0 Å². The third-order valence-corrected chi connectivity index (χ3v) is 13.2. The van der Waals surface area contributed by atoms with Gasteiger partial charge in [0, 0.05) is 11.8 Å². The Hall–Kier alpha value is -0.590. The average molecular weight is 425 g/mol. The van der Waals surface area contributed by atoms with Crippen molar-refractivity contribution in [2.24, 2.45) is 50.7 Å². The summed E-state index contributed by atoms with van der Waals surface area (Å²) in [5.41, 5.74) is 5.04. The molecule has 0 N–H and O–H groups in total. The van der Waals surface area contributed by atoms with E-state index in [0.717, 1.165) is 30.6 Å². The van der Waals surface area contributed by atoms with Crippen LogP contribution < -0.4 is 0 Å². The molecule has 0 bridgehead atoms. The minimum absolute atomic E-state index is 0.125. The van der Waals surface area contributed by atoms with Crippen LogP contribution in [0.25, 0.3) is 0 Å². The highest BCUT2D eigenvalue weighted by molar-refractivity contribution is 5.85. The highest BCUT2D eigenvalue weighted by atomic mass is 16.1. The van der Waals surface area contributed by atoms with E-state index in [9.17, 15) is 4.79 Å². The van der Waals surface area contributed by atoms with Crippen LogP contribution in [0.1, 0.15) is 120 Å². The summed E-state index contributed by atoms with van der Waals surface area (Å²) in [5.74, 6) is 3.61. The maximum Gasteiger partial charge on any atom is 0.138 e. The molecule has 0 aromatic carbocycles. The van der Waals surface area contributed by atoms with E-state index in [4.69, 9.17) is 0 Å². The molecule has 31 heavy (non-hydrogen) atoms. The first-order valence-electron chi connectivity index (χ1n) is 13.5. The summed E-state index contributed by atoms with van der Waals surface area (Å²) in [6.45, 7) is 20.0. The van der Waals surface area contributed by atoms with E-state index >= 15 is 0 Å². The van der Waals surface area contributed by atoms with Crippen molar-refractivity contribution in [3.63, 3.8) is 0 Å². The van der Waals surface area contributed by atoms with Crippen molar-refractivity contribution < 1.29 is 4.79 Å². The van der Waals surface area contributed by atoms with Crippen molar-refractivity contribution in [3.8, 4) is 0 Å². The van der Waals surface area contributed by atoms with E-state index < -0.39 is 0 Å². The summed E-state index contributed by atoms with van der Waals surface area (Å²) in [4.78, 5) is 12.9. The first-order valence-corrected chi connectivity index (χ1v) is 13.5. The summed E-state index contributed by atoms with van der Waals surface area (Å²) < 4.78 is 0. The Morgan fingerprint density at radius 2 is 1.23 bits per heavy atom. The number of allylic oxidation sites excluding steroid dienone is 2. The molecule has 5 aliphatic rings. The van der Waals surface area contributed by atoms with Crippen LogP contribution in [0.3, 0.4) is 0 Å². The molecule has 174 valence electrons. The molecule has 5 fully saturated rings. The molecular formula is C30H48O. The second-order valence-corrected chi connectivity index (χ2v) is 14.4. The molecule has 1 nitrogen and oxygen atoms in total. The number of rotatable bonds is 0. The highest BCUT2D eigenvalue weighted by Crippen LogP contribution is 2.77. The van der Waals surface area contributed by atoms with E-state index in [1.165, 1.54) is 51.4 Å². The first kappa shape index (κ1) is 22.2. The Morgan fingerprint density at radius 1 is 0.677 bits per heavy atom. The number of hydrogen-bond acceptors (Lipinski definition) is 1. The molecule has 0 aromatic rings. The first-order chi connectivity index (χ1) is 14.3. The monoisotopic (exact) mass is 424 g/mol. The standard InChI is InChI=1S/C30H48O/c1-19(2)20-11-15-27(5)21(20)12-17-29(7)23(27)9-10-24-28(6)16-14-25(31)26(3,4)22(28)13-18-30(24,29)8/h21-24H,9-18H2,1-8H3/t21-,22?,23+,24+,27-,28-,29+,30+/m0/s1. The van der Waals surface area contributed by atoms with Gasteiger partial charge in [0.25, 0.3) is 0 Å². The zero-order chi connectivity index (χ0) is 22.6. The van der Waals surface area contributed by atoms with Crippen LogP contribution in [0.4, 0.5) is 0 Å². The predicted octanol–water partition coefficient (Wildman–Crippen LogP) is 8.38. The second kappa shape index (κ2) is 6.50. The summed E-state index contributed by atoms with van der Waals surface area (Å²) in [6.07, 6.45) is 13.0. The molecule has 1 unspecified atom stereocenters. The zero-order valence-corrected chi connectivity index (χ0v) is 21.8. The van der Waals surface area contributed by atoms with Crippen molar-refractivity contribution in [2.45, 2.75) is 120 Å². The summed E-state index contributed by atoms with van der Waals surface area (Å²) >= 11 is 0. The predicted molar refractivity (Wildman–Crippen MR) is 130 cm³/mol. The molecule has 0 spiro atoms. The number of fused-ring (bicyclic) bond motifs is 7. The van der Waals surface area contributed by atoms with Gasteiger partial charge in [0.05, 0.1) is 0 Å². The largest absolute Gasteiger partial charge is 0.299 e. The minimum Gasteiger partial charge on any atom is -0.299 e. The Morgan fingerprint density at radius 3 is 1.84 bits per heavy atom. The fourth-order valence-corrected chi connectivity index (χ4v) is 11.4. The van der Waals surface area contributed by atoms with E-state index in [-0.39, 0.29) is 5.41 Å². The molecule has 8 atom stereocenters. The fraction of sp³-hybridized carbons (Fsp3) is 0.900. The lowest BCUT2D eigenvalue weighted by Crippen LogP contribution is -2.66. The topological polar surface area (TPSA) is 17.1 Å². The van der Waals surface area contributed by atoms with E-state index in [2.05, 4.69) is 55.4 Å². The SMILES string of the molecule is CC(C)=C1CC[C@]2(C)[C@H]3CC[C@@H]4[C@@]5(C)CCC(=O)C(C)(C)C5CC[C@@]4(C)[C@]3(C)CC[C@@H]12. The van der Waals surface area contributed by atoms with Crippen molar-refractivity contribution in [3.05, 3.63) is 11.1 Å². The van der Waals surface area contributed by atoms with Crippen LogP contribution in [-0.2, 0) is 4.79 Å².